The topological polar surface area (TPSA) is 71.5 Å². The van der Waals surface area contributed by atoms with E-state index in [2.05, 4.69) is 5.32 Å². The van der Waals surface area contributed by atoms with Crippen LogP contribution in [0.25, 0.3) is 0 Å². The third kappa shape index (κ3) is 3.59. The fourth-order valence-electron chi connectivity index (χ4n) is 1.72. The maximum Gasteiger partial charge on any atom is 0.321 e. The second-order valence-corrected chi connectivity index (χ2v) is 4.32. The van der Waals surface area contributed by atoms with Gasteiger partial charge in [0.1, 0.15) is 0 Å². The number of hydrogen-bond acceptors (Lipinski definition) is 3. The summed E-state index contributed by atoms with van der Waals surface area (Å²) in [6, 6.07) is 9.15. The minimum atomic E-state index is -0.171. The molecular formula is C14H17N3O2. The van der Waals surface area contributed by atoms with E-state index in [4.69, 9.17) is 10.2 Å². The highest BCUT2D eigenvalue weighted by Gasteiger charge is 2.10. The van der Waals surface area contributed by atoms with E-state index in [1.807, 2.05) is 30.3 Å². The molecule has 0 radical (unpaired) electrons. The van der Waals surface area contributed by atoms with Crippen molar-refractivity contribution in [2.75, 3.05) is 12.4 Å². The van der Waals surface area contributed by atoms with Crippen LogP contribution in [0.5, 0.6) is 0 Å². The number of rotatable bonds is 4. The van der Waals surface area contributed by atoms with Crippen LogP contribution in [0, 0.1) is 0 Å². The molecule has 0 unspecified atom stereocenters. The number of nitrogens with zero attached hydrogens (tertiary/aromatic N) is 1. The number of anilines is 1. The molecule has 0 saturated carbocycles. The predicted molar refractivity (Wildman–Crippen MR) is 73.5 cm³/mol. The Labute approximate surface area is 112 Å². The van der Waals surface area contributed by atoms with Gasteiger partial charge in [-0.25, -0.2) is 4.79 Å². The zero-order chi connectivity index (χ0) is 13.7. The predicted octanol–water partition coefficient (Wildman–Crippen LogP) is 2.40. The molecule has 0 spiro atoms. The molecule has 0 atom stereocenters. The summed E-state index contributed by atoms with van der Waals surface area (Å²) in [6.45, 7) is 0.952. The molecule has 5 heteroatoms. The zero-order valence-corrected chi connectivity index (χ0v) is 10.8. The number of hydrogen-bond donors (Lipinski definition) is 2. The summed E-state index contributed by atoms with van der Waals surface area (Å²) in [6.07, 6.45) is 3.21. The van der Waals surface area contributed by atoms with Crippen molar-refractivity contribution < 1.29 is 9.21 Å². The zero-order valence-electron chi connectivity index (χ0n) is 10.8. The van der Waals surface area contributed by atoms with Gasteiger partial charge in [-0.15, -0.1) is 0 Å². The van der Waals surface area contributed by atoms with Gasteiger partial charge < -0.3 is 20.4 Å². The fourth-order valence-corrected chi connectivity index (χ4v) is 1.72. The van der Waals surface area contributed by atoms with Gasteiger partial charge in [0, 0.05) is 24.8 Å². The monoisotopic (exact) mass is 259 g/mol. The van der Waals surface area contributed by atoms with E-state index < -0.39 is 0 Å². The summed E-state index contributed by atoms with van der Waals surface area (Å²) in [5.41, 5.74) is 8.24. The third-order valence-electron chi connectivity index (χ3n) is 2.76. The van der Waals surface area contributed by atoms with E-state index in [9.17, 15) is 4.79 Å². The van der Waals surface area contributed by atoms with Gasteiger partial charge in [0.15, 0.2) is 0 Å². The highest BCUT2D eigenvalue weighted by molar-refractivity contribution is 5.89. The first kappa shape index (κ1) is 13.2. The van der Waals surface area contributed by atoms with Crippen LogP contribution in [0.3, 0.4) is 0 Å². The summed E-state index contributed by atoms with van der Waals surface area (Å²) in [4.78, 5) is 13.6. The van der Waals surface area contributed by atoms with Crippen molar-refractivity contribution in [1.29, 1.82) is 0 Å². The molecule has 0 fully saturated rings. The standard InChI is InChI=1S/C14H17N3O2/c1-17(9-12-5-6-19-10-12)14(18)16-13-4-2-3-11(7-13)8-15/h2-7,10H,8-9,15H2,1H3,(H,16,18). The minimum Gasteiger partial charge on any atom is -0.472 e. The van der Waals surface area contributed by atoms with E-state index in [-0.39, 0.29) is 6.03 Å². The maximum absolute atomic E-state index is 12.0. The van der Waals surface area contributed by atoms with Crippen molar-refractivity contribution in [3.05, 3.63) is 54.0 Å². The Morgan fingerprint density at radius 2 is 2.21 bits per heavy atom. The van der Waals surface area contributed by atoms with E-state index in [0.717, 1.165) is 16.8 Å². The number of benzene rings is 1. The molecule has 2 amide bonds. The normalized spacial score (nSPS) is 10.2. The van der Waals surface area contributed by atoms with Crippen molar-refractivity contribution in [2.45, 2.75) is 13.1 Å². The summed E-state index contributed by atoms with van der Waals surface area (Å²) in [5.74, 6) is 0. The molecule has 1 heterocycles. The molecule has 0 bridgehead atoms. The Hall–Kier alpha value is -2.27. The number of nitrogens with one attached hydrogen (secondary N) is 1. The van der Waals surface area contributed by atoms with Gasteiger partial charge >= 0.3 is 6.03 Å². The van der Waals surface area contributed by atoms with Crippen LogP contribution >= 0.6 is 0 Å². The molecule has 0 aliphatic carbocycles. The summed E-state index contributed by atoms with van der Waals surface area (Å²) in [7, 11) is 1.73. The molecule has 100 valence electrons. The van der Waals surface area contributed by atoms with Gasteiger partial charge in [0.25, 0.3) is 0 Å². The first-order valence-corrected chi connectivity index (χ1v) is 6.01. The Balaban J connectivity index is 1.96. The largest absolute Gasteiger partial charge is 0.472 e. The van der Waals surface area contributed by atoms with E-state index >= 15 is 0 Å². The number of urea groups is 1. The highest BCUT2D eigenvalue weighted by atomic mass is 16.3. The van der Waals surface area contributed by atoms with Crippen molar-refractivity contribution in [1.82, 2.24) is 4.90 Å². The smallest absolute Gasteiger partial charge is 0.321 e. The number of furan rings is 1. The number of nitrogens with two attached hydrogens (primary N) is 1. The highest BCUT2D eigenvalue weighted by Crippen LogP contribution is 2.11. The molecular weight excluding hydrogens is 242 g/mol. The van der Waals surface area contributed by atoms with Crippen molar-refractivity contribution in [3.63, 3.8) is 0 Å². The maximum atomic E-state index is 12.0. The molecule has 1 aromatic carbocycles. The van der Waals surface area contributed by atoms with E-state index in [1.54, 1.807) is 24.5 Å². The lowest BCUT2D eigenvalue weighted by Gasteiger charge is -2.17. The van der Waals surface area contributed by atoms with Crippen molar-refractivity contribution in [2.24, 2.45) is 5.73 Å². The molecule has 3 N–H and O–H groups in total. The molecule has 0 saturated heterocycles. The first-order chi connectivity index (χ1) is 9.19. The summed E-state index contributed by atoms with van der Waals surface area (Å²) < 4.78 is 4.97. The van der Waals surface area contributed by atoms with Crippen LogP contribution < -0.4 is 11.1 Å². The van der Waals surface area contributed by atoms with Crippen LogP contribution in [0.2, 0.25) is 0 Å². The average molecular weight is 259 g/mol. The second kappa shape index (κ2) is 6.06. The lowest BCUT2D eigenvalue weighted by molar-refractivity contribution is 0.220. The lowest BCUT2D eigenvalue weighted by atomic mass is 10.2. The van der Waals surface area contributed by atoms with Gasteiger partial charge in [0.05, 0.1) is 19.1 Å². The van der Waals surface area contributed by atoms with Crippen molar-refractivity contribution in [3.8, 4) is 0 Å². The molecule has 5 nitrogen and oxygen atoms in total. The minimum absolute atomic E-state index is 0.171. The molecule has 19 heavy (non-hydrogen) atoms. The number of amides is 2. The Kier molecular flexibility index (Phi) is 4.20. The molecule has 0 aliphatic rings. The number of carbonyl (C=O) groups is 1. The van der Waals surface area contributed by atoms with Gasteiger partial charge in [-0.2, -0.15) is 0 Å². The number of carbonyl (C=O) groups excluding carboxylic acids is 1. The van der Waals surface area contributed by atoms with Crippen LogP contribution in [-0.4, -0.2) is 18.0 Å². The molecule has 2 aromatic rings. The van der Waals surface area contributed by atoms with Crippen LogP contribution in [0.1, 0.15) is 11.1 Å². The van der Waals surface area contributed by atoms with Gasteiger partial charge in [-0.1, -0.05) is 12.1 Å². The molecule has 0 aliphatic heterocycles. The van der Waals surface area contributed by atoms with Crippen LogP contribution in [-0.2, 0) is 13.1 Å². The molecule has 2 rings (SSSR count). The quantitative estimate of drug-likeness (QED) is 0.885. The SMILES string of the molecule is CN(Cc1ccoc1)C(=O)Nc1cccc(CN)c1. The summed E-state index contributed by atoms with van der Waals surface area (Å²) >= 11 is 0. The Morgan fingerprint density at radius 1 is 1.37 bits per heavy atom. The third-order valence-corrected chi connectivity index (χ3v) is 2.76. The lowest BCUT2D eigenvalue weighted by Crippen LogP contribution is -2.30. The second-order valence-electron chi connectivity index (χ2n) is 4.32. The van der Waals surface area contributed by atoms with Crippen LogP contribution in [0.15, 0.2) is 47.3 Å². The first-order valence-electron chi connectivity index (χ1n) is 6.01. The fraction of sp³-hybridized carbons (Fsp3) is 0.214. The van der Waals surface area contributed by atoms with Crippen LogP contribution in [0.4, 0.5) is 10.5 Å². The molecule has 1 aromatic heterocycles. The summed E-state index contributed by atoms with van der Waals surface area (Å²) in [5, 5.41) is 2.83. The van der Waals surface area contributed by atoms with Gasteiger partial charge in [-0.3, -0.25) is 0 Å². The Bertz CT molecular complexity index is 537. The van der Waals surface area contributed by atoms with E-state index in [1.165, 1.54) is 0 Å². The average Bonchev–Trinajstić information content (AvgIpc) is 2.91. The van der Waals surface area contributed by atoms with Gasteiger partial charge in [-0.05, 0) is 23.8 Å². The van der Waals surface area contributed by atoms with Crippen molar-refractivity contribution >= 4 is 11.7 Å². The Morgan fingerprint density at radius 3 is 2.89 bits per heavy atom. The van der Waals surface area contributed by atoms with E-state index in [0.29, 0.717) is 13.1 Å². The van der Waals surface area contributed by atoms with Gasteiger partial charge in [0.2, 0.25) is 0 Å².